The van der Waals surface area contributed by atoms with E-state index in [1.54, 1.807) is 6.33 Å². The smallest absolute Gasteiger partial charge is 0.212 e. The van der Waals surface area contributed by atoms with Crippen LogP contribution in [0.1, 0.15) is 12.8 Å². The maximum absolute atomic E-state index is 4.42. The van der Waals surface area contributed by atoms with Crippen LogP contribution < -0.4 is 26.5 Å². The minimum absolute atomic E-state index is 0.613. The summed E-state index contributed by atoms with van der Waals surface area (Å²) in [7, 11) is -2.27. The molecular formula is C36H34BN3Si. The van der Waals surface area contributed by atoms with Crippen LogP contribution in [-0.4, -0.2) is 29.6 Å². The summed E-state index contributed by atoms with van der Waals surface area (Å²) in [5, 5.41) is 8.55. The number of aromatic nitrogens is 3. The molecule has 1 aliphatic carbocycles. The predicted molar refractivity (Wildman–Crippen MR) is 175 cm³/mol. The molecule has 5 aromatic carbocycles. The molecule has 6 aromatic rings. The van der Waals surface area contributed by atoms with Gasteiger partial charge in [-0.15, -0.1) is 0 Å². The van der Waals surface area contributed by atoms with Gasteiger partial charge < -0.3 is 0 Å². The molecule has 0 amide bonds. The summed E-state index contributed by atoms with van der Waals surface area (Å²) in [5.41, 5.74) is 2.94. The molecular weight excluding hydrogens is 513 g/mol. The Morgan fingerprint density at radius 3 is 1.29 bits per heavy atom. The fourth-order valence-corrected chi connectivity index (χ4v) is 10.5. The maximum atomic E-state index is 4.42. The van der Waals surface area contributed by atoms with Crippen molar-refractivity contribution in [3.8, 4) is 0 Å². The highest BCUT2D eigenvalue weighted by atomic mass is 28.3. The molecule has 7 rings (SSSR count). The van der Waals surface area contributed by atoms with Crippen molar-refractivity contribution in [3.63, 3.8) is 0 Å². The quantitative estimate of drug-likeness (QED) is 0.208. The first-order valence-corrected chi connectivity index (χ1v) is 16.6. The van der Waals surface area contributed by atoms with Crippen molar-refractivity contribution < 1.29 is 0 Å². The summed E-state index contributed by atoms with van der Waals surface area (Å²) < 4.78 is 1.97. The second-order valence-corrected chi connectivity index (χ2v) is 14.6. The monoisotopic (exact) mass is 547 g/mol. The Morgan fingerprint density at radius 1 is 0.561 bits per heavy atom. The fraction of sp³-hybridized carbons (Fsp3) is 0.111. The summed E-state index contributed by atoms with van der Waals surface area (Å²) in [4.78, 5) is 4.16. The molecule has 41 heavy (non-hydrogen) atoms. The third-order valence-electron chi connectivity index (χ3n) is 8.08. The maximum Gasteiger partial charge on any atom is 0.212 e. The summed E-state index contributed by atoms with van der Waals surface area (Å²) >= 11 is 0. The van der Waals surface area contributed by atoms with Gasteiger partial charge in [0.1, 0.15) is 12.7 Å². The zero-order valence-electron chi connectivity index (χ0n) is 23.2. The topological polar surface area (TPSA) is 30.7 Å². The van der Waals surface area contributed by atoms with E-state index in [-0.39, 0.29) is 0 Å². The molecule has 1 aliphatic rings. The van der Waals surface area contributed by atoms with E-state index in [1.807, 2.05) is 11.0 Å². The number of rotatable bonds is 8. The van der Waals surface area contributed by atoms with Crippen molar-refractivity contribution in [2.75, 3.05) is 0 Å². The molecule has 0 bridgehead atoms. The van der Waals surface area contributed by atoms with Crippen molar-refractivity contribution in [1.29, 1.82) is 0 Å². The van der Waals surface area contributed by atoms with Gasteiger partial charge in [-0.1, -0.05) is 181 Å². The minimum atomic E-state index is -2.27. The van der Waals surface area contributed by atoms with Gasteiger partial charge in [0, 0.05) is 6.17 Å². The van der Waals surface area contributed by atoms with Crippen LogP contribution in [0.4, 0.5) is 0 Å². The molecule has 0 saturated heterocycles. The summed E-state index contributed by atoms with van der Waals surface area (Å²) in [6.07, 6.45) is 7.02. The van der Waals surface area contributed by atoms with Crippen molar-refractivity contribution in [2.24, 2.45) is 0 Å². The van der Waals surface area contributed by atoms with Gasteiger partial charge in [-0.2, -0.15) is 5.10 Å². The molecule has 0 unspecified atom stereocenters. The highest BCUT2D eigenvalue weighted by Crippen LogP contribution is 2.38. The lowest BCUT2D eigenvalue weighted by molar-refractivity contribution is 0.730. The van der Waals surface area contributed by atoms with Crippen LogP contribution in [0.25, 0.3) is 0 Å². The number of benzene rings is 5. The third-order valence-corrected chi connectivity index (χ3v) is 12.8. The first kappa shape index (κ1) is 26.7. The first-order chi connectivity index (χ1) is 20.3. The van der Waals surface area contributed by atoms with Crippen LogP contribution in [0.2, 0.25) is 5.82 Å². The fourth-order valence-electron chi connectivity index (χ4n) is 5.99. The summed E-state index contributed by atoms with van der Waals surface area (Å²) in [5.74, 6) is 0.866. The van der Waals surface area contributed by atoms with Crippen LogP contribution in [-0.2, 0) is 6.17 Å². The molecule has 0 atom stereocenters. The Balaban J connectivity index is 0.000000162. The Morgan fingerprint density at radius 2 is 0.951 bits per heavy atom. The molecule has 1 aromatic heterocycles. The lowest BCUT2D eigenvalue weighted by Gasteiger charge is -2.33. The van der Waals surface area contributed by atoms with E-state index in [4.69, 9.17) is 0 Å². The highest BCUT2D eigenvalue weighted by molar-refractivity contribution is 7.10. The van der Waals surface area contributed by atoms with Gasteiger partial charge in [0.15, 0.2) is 8.07 Å². The molecule has 0 aliphatic heterocycles. The van der Waals surface area contributed by atoms with Gasteiger partial charge in [0.2, 0.25) is 6.71 Å². The zero-order chi connectivity index (χ0) is 27.7. The number of hydrogen-bond acceptors (Lipinski definition) is 2. The van der Waals surface area contributed by atoms with Gasteiger partial charge in [-0.25, -0.2) is 4.98 Å². The van der Waals surface area contributed by atoms with Crippen LogP contribution in [0, 0.1) is 0 Å². The van der Waals surface area contributed by atoms with E-state index in [2.05, 4.69) is 162 Å². The van der Waals surface area contributed by atoms with Gasteiger partial charge >= 0.3 is 0 Å². The Bertz CT molecular complexity index is 1460. The van der Waals surface area contributed by atoms with Crippen LogP contribution in [0.15, 0.2) is 164 Å². The second-order valence-electron chi connectivity index (χ2n) is 10.7. The minimum Gasteiger partial charge on any atom is -0.255 e. The molecule has 5 heteroatoms. The van der Waals surface area contributed by atoms with E-state index in [1.165, 1.54) is 39.3 Å². The second kappa shape index (κ2) is 12.8. The lowest BCUT2D eigenvalue weighted by atomic mass is 9.37. The van der Waals surface area contributed by atoms with E-state index >= 15 is 0 Å². The van der Waals surface area contributed by atoms with Crippen LogP contribution >= 0.6 is 0 Å². The van der Waals surface area contributed by atoms with E-state index in [0.717, 1.165) is 12.0 Å². The molecule has 0 radical (unpaired) electrons. The number of hydrogen-bond donors (Lipinski definition) is 0. The van der Waals surface area contributed by atoms with Crippen molar-refractivity contribution >= 4 is 41.3 Å². The Hall–Kier alpha value is -4.48. The molecule has 1 heterocycles. The largest absolute Gasteiger partial charge is 0.255 e. The lowest BCUT2D eigenvalue weighted by Crippen LogP contribution is -2.69. The van der Waals surface area contributed by atoms with Gasteiger partial charge in [-0.3, -0.25) is 4.68 Å². The third kappa shape index (κ3) is 6.16. The molecule has 1 fully saturated rings. The predicted octanol–water partition coefficient (Wildman–Crippen LogP) is 4.45. The van der Waals surface area contributed by atoms with Crippen LogP contribution in [0.5, 0.6) is 0 Å². The molecule has 0 spiro atoms. The summed E-state index contributed by atoms with van der Waals surface area (Å²) in [6.45, 7) is 0.613. The Kier molecular flexibility index (Phi) is 8.34. The SMILES string of the molecule is c1ccc(B(c2ccccc2)C2CC2)cc1.c1ccc([Si](Cn2cncn2)(c2ccccc2)c2ccccc2)cc1. The molecule has 3 nitrogen and oxygen atoms in total. The summed E-state index contributed by atoms with van der Waals surface area (Å²) in [6, 6.07) is 54.3. The van der Waals surface area contributed by atoms with E-state index in [0.29, 0.717) is 6.71 Å². The van der Waals surface area contributed by atoms with Gasteiger partial charge in [0.25, 0.3) is 0 Å². The first-order valence-electron chi connectivity index (χ1n) is 14.4. The average Bonchev–Trinajstić information content (AvgIpc) is 3.76. The highest BCUT2D eigenvalue weighted by Gasteiger charge is 2.40. The molecule has 0 N–H and O–H groups in total. The standard InChI is InChI=1S/C21H19N3Si.C15H15B/c1-4-10-19(11-5-1)25(18-24-17-22-16-23-24,20-12-6-2-7-13-20)21-14-8-3-9-15-21;1-3-7-13(8-4-1)16(15-11-12-15)14-9-5-2-6-10-14/h1-17H,18H2;1-10,15H,11-12H2. The van der Waals surface area contributed by atoms with Crippen molar-refractivity contribution in [1.82, 2.24) is 14.8 Å². The van der Waals surface area contributed by atoms with Gasteiger partial charge in [-0.05, 0) is 15.6 Å². The molecule has 1 saturated carbocycles. The average molecular weight is 548 g/mol. The van der Waals surface area contributed by atoms with E-state index in [9.17, 15) is 0 Å². The Labute approximate surface area is 244 Å². The zero-order valence-corrected chi connectivity index (χ0v) is 24.2. The molecule has 200 valence electrons. The van der Waals surface area contributed by atoms with Gasteiger partial charge in [0.05, 0.1) is 0 Å². The van der Waals surface area contributed by atoms with Crippen molar-refractivity contribution in [3.05, 3.63) is 164 Å². The van der Waals surface area contributed by atoms with Crippen LogP contribution in [0.3, 0.4) is 0 Å². The normalized spacial score (nSPS) is 12.7. The van der Waals surface area contributed by atoms with E-state index < -0.39 is 8.07 Å². The van der Waals surface area contributed by atoms with Crippen molar-refractivity contribution in [2.45, 2.75) is 24.8 Å². The number of nitrogens with zero attached hydrogens (tertiary/aromatic N) is 3.